The molecule has 0 spiro atoms. The van der Waals surface area contributed by atoms with Crippen LogP contribution in [0.15, 0.2) is 36.7 Å². The highest BCUT2D eigenvalue weighted by molar-refractivity contribution is 5.75. The third-order valence-corrected chi connectivity index (χ3v) is 4.02. The third kappa shape index (κ3) is 3.27. The molecule has 6 heteroatoms. The predicted molar refractivity (Wildman–Crippen MR) is 83.0 cm³/mol. The summed E-state index contributed by atoms with van der Waals surface area (Å²) in [6, 6.07) is 9.85. The second-order valence-corrected chi connectivity index (χ2v) is 5.87. The topological polar surface area (TPSA) is 71.8 Å². The molecule has 1 aromatic carbocycles. The van der Waals surface area contributed by atoms with E-state index in [0.29, 0.717) is 5.92 Å². The molecule has 2 aromatic rings. The molecule has 0 saturated heterocycles. The summed E-state index contributed by atoms with van der Waals surface area (Å²) in [5.74, 6) is 1.27. The Balaban J connectivity index is 1.64. The maximum Gasteiger partial charge on any atom is 0.315 e. The first kappa shape index (κ1) is 14.6. The van der Waals surface area contributed by atoms with Crippen LogP contribution in [0.4, 0.5) is 4.79 Å². The number of nitrogens with one attached hydrogen (secondary N) is 2. The van der Waals surface area contributed by atoms with Crippen LogP contribution in [0, 0.1) is 5.92 Å². The second kappa shape index (κ2) is 6.17. The number of benzene rings is 1. The van der Waals surface area contributed by atoms with Gasteiger partial charge in [0.1, 0.15) is 6.33 Å². The Morgan fingerprint density at radius 3 is 2.59 bits per heavy atom. The number of hydrogen-bond acceptors (Lipinski definition) is 3. The van der Waals surface area contributed by atoms with E-state index >= 15 is 0 Å². The normalized spacial score (nSPS) is 16.8. The molecular weight excluding hydrogens is 278 g/mol. The molecule has 1 aliphatic rings. The molecule has 2 N–H and O–H groups in total. The minimum atomic E-state index is -0.192. The molecule has 1 saturated carbocycles. The average Bonchev–Trinajstić information content (AvgIpc) is 3.26. The summed E-state index contributed by atoms with van der Waals surface area (Å²) in [6.45, 7) is 1.90. The van der Waals surface area contributed by atoms with Gasteiger partial charge in [0.25, 0.3) is 0 Å². The van der Waals surface area contributed by atoms with E-state index in [-0.39, 0.29) is 18.1 Å². The van der Waals surface area contributed by atoms with Crippen molar-refractivity contribution >= 4 is 6.03 Å². The molecular formula is C16H21N5O. The maximum absolute atomic E-state index is 12.3. The Kier molecular flexibility index (Phi) is 4.09. The quantitative estimate of drug-likeness (QED) is 0.890. The fourth-order valence-corrected chi connectivity index (χ4v) is 2.69. The van der Waals surface area contributed by atoms with Gasteiger partial charge in [-0.05, 0) is 31.2 Å². The van der Waals surface area contributed by atoms with Crippen molar-refractivity contribution < 1.29 is 4.79 Å². The van der Waals surface area contributed by atoms with Gasteiger partial charge in [-0.25, -0.2) is 4.79 Å². The van der Waals surface area contributed by atoms with Gasteiger partial charge < -0.3 is 15.2 Å². The molecule has 22 heavy (non-hydrogen) atoms. The summed E-state index contributed by atoms with van der Waals surface area (Å²) in [7, 11) is 1.86. The lowest BCUT2D eigenvalue weighted by Gasteiger charge is -2.21. The van der Waals surface area contributed by atoms with E-state index in [0.717, 1.165) is 11.4 Å². The van der Waals surface area contributed by atoms with Crippen molar-refractivity contribution in [2.45, 2.75) is 31.8 Å². The molecule has 0 radical (unpaired) electrons. The van der Waals surface area contributed by atoms with E-state index in [1.54, 1.807) is 10.9 Å². The predicted octanol–water partition coefficient (Wildman–Crippen LogP) is 2.33. The molecule has 1 fully saturated rings. The summed E-state index contributed by atoms with van der Waals surface area (Å²) in [6.07, 6.45) is 3.96. The number of carbonyl (C=O) groups excluding carboxylic acids is 1. The summed E-state index contributed by atoms with van der Waals surface area (Å²) in [5, 5.41) is 13.9. The highest BCUT2D eigenvalue weighted by Gasteiger charge is 2.33. The molecule has 1 aliphatic carbocycles. The lowest BCUT2D eigenvalue weighted by Crippen LogP contribution is -2.40. The van der Waals surface area contributed by atoms with Crippen molar-refractivity contribution in [3.8, 4) is 0 Å². The first-order valence-corrected chi connectivity index (χ1v) is 7.61. The van der Waals surface area contributed by atoms with Gasteiger partial charge in [0.05, 0.1) is 12.1 Å². The fraction of sp³-hybridized carbons (Fsp3) is 0.438. The van der Waals surface area contributed by atoms with Gasteiger partial charge in [0, 0.05) is 7.05 Å². The van der Waals surface area contributed by atoms with Gasteiger partial charge in [0.15, 0.2) is 5.82 Å². The van der Waals surface area contributed by atoms with Crippen LogP contribution in [-0.4, -0.2) is 20.8 Å². The summed E-state index contributed by atoms with van der Waals surface area (Å²) < 4.78 is 1.81. The first-order chi connectivity index (χ1) is 10.6. The lowest BCUT2D eigenvalue weighted by molar-refractivity contribution is 0.232. The van der Waals surface area contributed by atoms with Crippen molar-refractivity contribution in [2.24, 2.45) is 13.0 Å². The number of hydrogen-bond donors (Lipinski definition) is 2. The van der Waals surface area contributed by atoms with Crippen molar-refractivity contribution in [1.29, 1.82) is 0 Å². The molecule has 2 atom stereocenters. The molecule has 0 aliphatic heterocycles. The number of aromatic nitrogens is 3. The van der Waals surface area contributed by atoms with Crippen LogP contribution in [0.25, 0.3) is 0 Å². The maximum atomic E-state index is 12.3. The molecule has 6 nitrogen and oxygen atoms in total. The molecule has 3 rings (SSSR count). The van der Waals surface area contributed by atoms with Crippen LogP contribution in [0.3, 0.4) is 0 Å². The molecule has 1 heterocycles. The number of rotatable bonds is 5. The highest BCUT2D eigenvalue weighted by atomic mass is 16.2. The van der Waals surface area contributed by atoms with E-state index in [4.69, 9.17) is 0 Å². The summed E-state index contributed by atoms with van der Waals surface area (Å²) in [5.41, 5.74) is 1.16. The molecule has 0 bridgehead atoms. The molecule has 2 amide bonds. The van der Waals surface area contributed by atoms with Crippen molar-refractivity contribution in [3.05, 3.63) is 48.0 Å². The van der Waals surface area contributed by atoms with Gasteiger partial charge in [-0.15, -0.1) is 10.2 Å². The third-order valence-electron chi connectivity index (χ3n) is 4.02. The number of aryl methyl sites for hydroxylation is 1. The first-order valence-electron chi connectivity index (χ1n) is 7.61. The second-order valence-electron chi connectivity index (χ2n) is 5.87. The standard InChI is InChI=1S/C16H21N5O/c1-11(15-20-17-10-21(15)2)18-16(22)19-14(13-8-9-13)12-6-4-3-5-7-12/h3-7,10-11,13-14H,8-9H2,1-2H3,(H2,18,19,22)/t11-,14+/m0/s1. The van der Waals surface area contributed by atoms with Crippen LogP contribution in [-0.2, 0) is 7.05 Å². The van der Waals surface area contributed by atoms with Gasteiger partial charge in [-0.2, -0.15) is 0 Å². The monoisotopic (exact) mass is 299 g/mol. The van der Waals surface area contributed by atoms with E-state index in [9.17, 15) is 4.79 Å². The summed E-state index contributed by atoms with van der Waals surface area (Å²) in [4.78, 5) is 12.3. The highest BCUT2D eigenvalue weighted by Crippen LogP contribution is 2.40. The van der Waals surface area contributed by atoms with Crippen molar-refractivity contribution in [1.82, 2.24) is 25.4 Å². The number of nitrogens with zero attached hydrogens (tertiary/aromatic N) is 3. The Morgan fingerprint density at radius 1 is 1.27 bits per heavy atom. The Labute approximate surface area is 129 Å². The van der Waals surface area contributed by atoms with Crippen LogP contribution in [0.2, 0.25) is 0 Å². The molecule has 1 aromatic heterocycles. The lowest BCUT2D eigenvalue weighted by atomic mass is 10.0. The fourth-order valence-electron chi connectivity index (χ4n) is 2.69. The van der Waals surface area contributed by atoms with Gasteiger partial charge in [0.2, 0.25) is 0 Å². The van der Waals surface area contributed by atoms with E-state index in [2.05, 4.69) is 33.0 Å². The number of amides is 2. The molecule has 0 unspecified atom stereocenters. The van der Waals surface area contributed by atoms with Gasteiger partial charge in [-0.3, -0.25) is 0 Å². The Bertz CT molecular complexity index is 635. The Hall–Kier alpha value is -2.37. The van der Waals surface area contributed by atoms with Crippen molar-refractivity contribution in [3.63, 3.8) is 0 Å². The average molecular weight is 299 g/mol. The van der Waals surface area contributed by atoms with Crippen LogP contribution >= 0.6 is 0 Å². The smallest absolute Gasteiger partial charge is 0.315 e. The van der Waals surface area contributed by atoms with E-state index in [1.807, 2.05) is 32.2 Å². The zero-order valence-corrected chi connectivity index (χ0v) is 12.9. The SMILES string of the molecule is C[C@H](NC(=O)N[C@H](c1ccccc1)C1CC1)c1nncn1C. The Morgan fingerprint density at radius 2 is 2.00 bits per heavy atom. The largest absolute Gasteiger partial charge is 0.331 e. The van der Waals surface area contributed by atoms with E-state index < -0.39 is 0 Å². The van der Waals surface area contributed by atoms with Crippen LogP contribution < -0.4 is 10.6 Å². The minimum absolute atomic E-state index is 0.0768. The zero-order valence-electron chi connectivity index (χ0n) is 12.9. The van der Waals surface area contributed by atoms with Crippen molar-refractivity contribution in [2.75, 3.05) is 0 Å². The molecule has 116 valence electrons. The van der Waals surface area contributed by atoms with Crippen LogP contribution in [0.1, 0.15) is 43.2 Å². The number of carbonyl (C=O) groups is 1. The van der Waals surface area contributed by atoms with E-state index in [1.165, 1.54) is 12.8 Å². The minimum Gasteiger partial charge on any atom is -0.331 e. The van der Waals surface area contributed by atoms with Gasteiger partial charge in [-0.1, -0.05) is 30.3 Å². The van der Waals surface area contributed by atoms with Gasteiger partial charge >= 0.3 is 6.03 Å². The summed E-state index contributed by atoms with van der Waals surface area (Å²) >= 11 is 0. The number of urea groups is 1. The zero-order chi connectivity index (χ0) is 15.5. The van der Waals surface area contributed by atoms with Crippen LogP contribution in [0.5, 0.6) is 0 Å².